The number of amides is 1. The van der Waals surface area contributed by atoms with Gasteiger partial charge in [0.2, 0.25) is 0 Å². The van der Waals surface area contributed by atoms with E-state index in [1.165, 1.54) is 0 Å². The number of nitrogens with zero attached hydrogens (tertiary/aromatic N) is 1. The van der Waals surface area contributed by atoms with Gasteiger partial charge in [-0.3, -0.25) is 4.79 Å². The second-order valence-corrected chi connectivity index (χ2v) is 4.15. The van der Waals surface area contributed by atoms with Gasteiger partial charge >= 0.3 is 0 Å². The maximum atomic E-state index is 11.8. The minimum atomic E-state index is -0.135. The number of aromatic nitrogens is 2. The van der Waals surface area contributed by atoms with Crippen LogP contribution in [0.25, 0.3) is 21.8 Å². The molecule has 0 aliphatic heterocycles. The smallest absolute Gasteiger partial charge is 0.269 e. The molecule has 0 saturated heterocycles. The molecule has 0 aliphatic rings. The molecule has 0 radical (unpaired) electrons. The Labute approximate surface area is 104 Å². The van der Waals surface area contributed by atoms with Gasteiger partial charge in [-0.25, -0.2) is 4.98 Å². The molecule has 1 aromatic carbocycles. The van der Waals surface area contributed by atoms with Crippen LogP contribution in [-0.2, 0) is 0 Å². The Kier molecular flexibility index (Phi) is 2.48. The maximum absolute atomic E-state index is 11.8. The van der Waals surface area contributed by atoms with E-state index in [0.717, 1.165) is 21.8 Å². The lowest BCUT2D eigenvalue weighted by Gasteiger charge is -2.00. The van der Waals surface area contributed by atoms with E-state index >= 15 is 0 Å². The summed E-state index contributed by atoms with van der Waals surface area (Å²) in [5.41, 5.74) is 2.46. The van der Waals surface area contributed by atoms with Gasteiger partial charge < -0.3 is 10.3 Å². The van der Waals surface area contributed by atoms with Crippen LogP contribution in [0, 0.1) is 0 Å². The first-order valence-electron chi connectivity index (χ1n) is 5.94. The fourth-order valence-corrected chi connectivity index (χ4v) is 2.13. The number of H-pyrrole nitrogens is 1. The monoisotopic (exact) mass is 239 g/mol. The van der Waals surface area contributed by atoms with Crippen LogP contribution < -0.4 is 5.32 Å². The van der Waals surface area contributed by atoms with Gasteiger partial charge in [-0.05, 0) is 19.1 Å². The molecule has 18 heavy (non-hydrogen) atoms. The minimum Gasteiger partial charge on any atom is -0.353 e. The number of carbonyl (C=O) groups is 1. The number of carbonyl (C=O) groups excluding carboxylic acids is 1. The molecule has 1 amide bonds. The molecular formula is C14H13N3O. The van der Waals surface area contributed by atoms with Gasteiger partial charge in [-0.1, -0.05) is 18.2 Å². The fraction of sp³-hybridized carbons (Fsp3) is 0.143. The highest BCUT2D eigenvalue weighted by molar-refractivity contribution is 6.09. The van der Waals surface area contributed by atoms with Crippen molar-refractivity contribution in [3.05, 3.63) is 42.2 Å². The standard InChI is InChI=1S/C14H13N3O/c1-2-15-14(18)12-7-10-9-5-3-4-6-11(9)17-13(10)8-16-12/h3-8,17H,2H2,1H3,(H,15,18). The van der Waals surface area contributed by atoms with Crippen molar-refractivity contribution in [3.63, 3.8) is 0 Å². The van der Waals surface area contributed by atoms with Crippen molar-refractivity contribution < 1.29 is 4.79 Å². The van der Waals surface area contributed by atoms with Crippen molar-refractivity contribution in [1.82, 2.24) is 15.3 Å². The van der Waals surface area contributed by atoms with Crippen molar-refractivity contribution in [2.45, 2.75) is 6.92 Å². The highest BCUT2D eigenvalue weighted by Crippen LogP contribution is 2.24. The van der Waals surface area contributed by atoms with Gasteiger partial charge in [-0.2, -0.15) is 0 Å². The van der Waals surface area contributed by atoms with E-state index in [0.29, 0.717) is 12.2 Å². The van der Waals surface area contributed by atoms with E-state index in [-0.39, 0.29) is 5.91 Å². The zero-order valence-electron chi connectivity index (χ0n) is 10.0. The van der Waals surface area contributed by atoms with Crippen LogP contribution in [0.15, 0.2) is 36.5 Å². The largest absolute Gasteiger partial charge is 0.353 e. The molecule has 2 N–H and O–H groups in total. The lowest BCUT2D eigenvalue weighted by molar-refractivity contribution is 0.0951. The molecule has 3 aromatic rings. The summed E-state index contributed by atoms with van der Waals surface area (Å²) in [4.78, 5) is 19.2. The molecule has 0 saturated carbocycles. The molecular weight excluding hydrogens is 226 g/mol. The summed E-state index contributed by atoms with van der Waals surface area (Å²) in [7, 11) is 0. The van der Waals surface area contributed by atoms with Crippen LogP contribution in [-0.4, -0.2) is 22.4 Å². The third-order valence-electron chi connectivity index (χ3n) is 2.96. The molecule has 2 heterocycles. The second kappa shape index (κ2) is 4.14. The van der Waals surface area contributed by atoms with Gasteiger partial charge in [0.05, 0.1) is 11.7 Å². The SMILES string of the molecule is CCNC(=O)c1cc2c(cn1)[nH]c1ccccc12. The molecule has 4 heteroatoms. The molecule has 0 fully saturated rings. The molecule has 0 aliphatic carbocycles. The summed E-state index contributed by atoms with van der Waals surface area (Å²) in [6.07, 6.45) is 1.71. The van der Waals surface area contributed by atoms with Gasteiger partial charge in [0.25, 0.3) is 5.91 Å². The van der Waals surface area contributed by atoms with Gasteiger partial charge in [-0.15, -0.1) is 0 Å². The molecule has 3 rings (SSSR count). The lowest BCUT2D eigenvalue weighted by Crippen LogP contribution is -2.23. The molecule has 4 nitrogen and oxygen atoms in total. The maximum Gasteiger partial charge on any atom is 0.269 e. The number of aromatic amines is 1. The zero-order chi connectivity index (χ0) is 12.5. The summed E-state index contributed by atoms with van der Waals surface area (Å²) in [5.74, 6) is -0.135. The first kappa shape index (κ1) is 10.8. The van der Waals surface area contributed by atoms with E-state index in [1.807, 2.05) is 37.3 Å². The van der Waals surface area contributed by atoms with Crippen LogP contribution in [0.4, 0.5) is 0 Å². The van der Waals surface area contributed by atoms with Gasteiger partial charge in [0, 0.05) is 22.8 Å². The van der Waals surface area contributed by atoms with Crippen LogP contribution >= 0.6 is 0 Å². The number of rotatable bonds is 2. The Morgan fingerprint density at radius 3 is 2.94 bits per heavy atom. The van der Waals surface area contributed by atoms with E-state index in [4.69, 9.17) is 0 Å². The molecule has 2 aromatic heterocycles. The number of nitrogens with one attached hydrogen (secondary N) is 2. The Morgan fingerprint density at radius 2 is 2.11 bits per heavy atom. The summed E-state index contributed by atoms with van der Waals surface area (Å²) in [6, 6.07) is 9.85. The summed E-state index contributed by atoms with van der Waals surface area (Å²) in [5, 5.41) is 4.90. The number of hydrogen-bond donors (Lipinski definition) is 2. The molecule has 0 bridgehead atoms. The van der Waals surface area contributed by atoms with E-state index in [9.17, 15) is 4.79 Å². The molecule has 0 spiro atoms. The summed E-state index contributed by atoms with van der Waals surface area (Å²) < 4.78 is 0. The van der Waals surface area contributed by atoms with Crippen LogP contribution in [0.5, 0.6) is 0 Å². The van der Waals surface area contributed by atoms with Crippen molar-refractivity contribution in [1.29, 1.82) is 0 Å². The first-order valence-corrected chi connectivity index (χ1v) is 5.94. The number of fused-ring (bicyclic) bond motifs is 3. The second-order valence-electron chi connectivity index (χ2n) is 4.15. The Morgan fingerprint density at radius 1 is 1.28 bits per heavy atom. The predicted molar refractivity (Wildman–Crippen MR) is 71.6 cm³/mol. The van der Waals surface area contributed by atoms with E-state index in [2.05, 4.69) is 15.3 Å². The minimum absolute atomic E-state index is 0.135. The molecule has 0 unspecified atom stereocenters. The topological polar surface area (TPSA) is 57.8 Å². The zero-order valence-corrected chi connectivity index (χ0v) is 10.0. The highest BCUT2D eigenvalue weighted by atomic mass is 16.1. The van der Waals surface area contributed by atoms with E-state index < -0.39 is 0 Å². The summed E-state index contributed by atoms with van der Waals surface area (Å²) in [6.45, 7) is 2.49. The van der Waals surface area contributed by atoms with Crippen molar-refractivity contribution in [2.24, 2.45) is 0 Å². The van der Waals surface area contributed by atoms with Crippen LogP contribution in [0.3, 0.4) is 0 Å². The summed E-state index contributed by atoms with van der Waals surface area (Å²) >= 11 is 0. The normalized spacial score (nSPS) is 10.9. The number of para-hydroxylation sites is 1. The van der Waals surface area contributed by atoms with Crippen molar-refractivity contribution >= 4 is 27.7 Å². The van der Waals surface area contributed by atoms with Crippen molar-refractivity contribution in [3.8, 4) is 0 Å². The number of hydrogen-bond acceptors (Lipinski definition) is 2. The quantitative estimate of drug-likeness (QED) is 0.721. The van der Waals surface area contributed by atoms with Gasteiger partial charge in [0.15, 0.2) is 0 Å². The van der Waals surface area contributed by atoms with Crippen LogP contribution in [0.2, 0.25) is 0 Å². The Balaban J connectivity index is 2.21. The third-order valence-corrected chi connectivity index (χ3v) is 2.96. The van der Waals surface area contributed by atoms with E-state index in [1.54, 1.807) is 6.20 Å². The Bertz CT molecular complexity index is 730. The number of pyridine rings is 1. The predicted octanol–water partition coefficient (Wildman–Crippen LogP) is 2.47. The number of benzene rings is 1. The molecule has 0 atom stereocenters. The fourth-order valence-electron chi connectivity index (χ4n) is 2.13. The van der Waals surface area contributed by atoms with Gasteiger partial charge in [0.1, 0.15) is 5.69 Å². The Hall–Kier alpha value is -2.36. The van der Waals surface area contributed by atoms with Crippen molar-refractivity contribution in [2.75, 3.05) is 6.54 Å². The van der Waals surface area contributed by atoms with Crippen LogP contribution in [0.1, 0.15) is 17.4 Å². The average molecular weight is 239 g/mol. The average Bonchev–Trinajstić information content (AvgIpc) is 2.76. The first-order chi connectivity index (χ1) is 8.79. The lowest BCUT2D eigenvalue weighted by atomic mass is 10.1. The highest BCUT2D eigenvalue weighted by Gasteiger charge is 2.09. The third kappa shape index (κ3) is 1.62. The molecule has 90 valence electrons.